The monoisotopic (exact) mass is 219 g/mol. The average Bonchev–Trinajstić information content (AvgIpc) is 2.12. The van der Waals surface area contributed by atoms with E-state index in [1.54, 1.807) is 13.8 Å². The van der Waals surface area contributed by atoms with Crippen molar-refractivity contribution in [3.8, 4) is 0 Å². The van der Waals surface area contributed by atoms with Gasteiger partial charge in [0.15, 0.2) is 11.6 Å². The summed E-state index contributed by atoms with van der Waals surface area (Å²) in [6.45, 7) is 3.44. The molecule has 0 saturated carbocycles. The topological polar surface area (TPSA) is 26.0 Å². The molecule has 0 aliphatic heterocycles. The van der Waals surface area contributed by atoms with E-state index in [0.717, 1.165) is 6.07 Å². The fourth-order valence-electron chi connectivity index (χ4n) is 1.22. The second-order valence-corrected chi connectivity index (χ2v) is 3.81. The van der Waals surface area contributed by atoms with Gasteiger partial charge in [0.2, 0.25) is 0 Å². The van der Waals surface area contributed by atoms with Crippen LogP contribution in [0.5, 0.6) is 0 Å². The molecular weight excluding hydrogens is 208 g/mol. The normalized spacial score (nSPS) is 15.3. The number of hydrogen-bond acceptors (Lipinski definition) is 1. The molecule has 2 unspecified atom stereocenters. The Morgan fingerprint density at radius 1 is 1.29 bits per heavy atom. The minimum Gasteiger partial charge on any atom is -0.327 e. The molecule has 0 spiro atoms. The predicted molar refractivity (Wildman–Crippen MR) is 53.4 cm³/mol. The highest BCUT2D eigenvalue weighted by atomic mass is 35.5. The Kier molecular flexibility index (Phi) is 3.45. The van der Waals surface area contributed by atoms with Gasteiger partial charge in [-0.05, 0) is 19.1 Å². The van der Waals surface area contributed by atoms with E-state index in [4.69, 9.17) is 17.3 Å². The number of rotatable bonds is 2. The summed E-state index contributed by atoms with van der Waals surface area (Å²) in [5.74, 6) is -2.10. The number of nitrogens with two attached hydrogens (primary N) is 1. The van der Waals surface area contributed by atoms with Gasteiger partial charge >= 0.3 is 0 Å². The number of halogens is 3. The quantitative estimate of drug-likeness (QED) is 0.761. The Hall–Kier alpha value is -0.670. The van der Waals surface area contributed by atoms with E-state index in [9.17, 15) is 8.78 Å². The average molecular weight is 220 g/mol. The molecule has 1 rings (SSSR count). The molecule has 4 heteroatoms. The maximum absolute atomic E-state index is 13.4. The van der Waals surface area contributed by atoms with Crippen molar-refractivity contribution in [2.24, 2.45) is 5.73 Å². The van der Waals surface area contributed by atoms with Gasteiger partial charge in [-0.15, -0.1) is 0 Å². The highest BCUT2D eigenvalue weighted by Crippen LogP contribution is 2.30. The number of benzene rings is 1. The molecule has 0 aliphatic carbocycles. The molecule has 0 bridgehead atoms. The summed E-state index contributed by atoms with van der Waals surface area (Å²) in [7, 11) is 0. The van der Waals surface area contributed by atoms with Crippen LogP contribution < -0.4 is 5.73 Å². The second kappa shape index (κ2) is 4.24. The number of hydrogen-bond donors (Lipinski definition) is 1. The Morgan fingerprint density at radius 2 is 1.86 bits per heavy atom. The van der Waals surface area contributed by atoms with E-state index in [-0.39, 0.29) is 22.5 Å². The molecule has 1 aromatic carbocycles. The first kappa shape index (κ1) is 11.4. The van der Waals surface area contributed by atoms with E-state index >= 15 is 0 Å². The molecule has 1 nitrogen and oxygen atoms in total. The lowest BCUT2D eigenvalue weighted by Gasteiger charge is -2.18. The van der Waals surface area contributed by atoms with Crippen LogP contribution in [0.2, 0.25) is 5.02 Å². The molecule has 0 fully saturated rings. The van der Waals surface area contributed by atoms with Gasteiger partial charge in [-0.25, -0.2) is 8.78 Å². The third kappa shape index (κ3) is 2.04. The summed E-state index contributed by atoms with van der Waals surface area (Å²) in [6, 6.07) is 2.08. The maximum Gasteiger partial charge on any atom is 0.163 e. The minimum absolute atomic E-state index is 0.154. The van der Waals surface area contributed by atoms with E-state index in [0.29, 0.717) is 0 Å². The standard InChI is InChI=1S/C10H12ClF2N/c1-5(6(2)14)9-7(11)3-4-8(12)10(9)13/h3-6H,14H2,1-2H3. The van der Waals surface area contributed by atoms with Crippen LogP contribution in [0.15, 0.2) is 12.1 Å². The third-order valence-electron chi connectivity index (χ3n) is 2.32. The van der Waals surface area contributed by atoms with Crippen LogP contribution in [0.4, 0.5) is 8.78 Å². The van der Waals surface area contributed by atoms with Crippen LogP contribution >= 0.6 is 11.6 Å². The zero-order valence-corrected chi connectivity index (χ0v) is 8.78. The van der Waals surface area contributed by atoms with Gasteiger partial charge in [0.05, 0.1) is 0 Å². The molecule has 0 radical (unpaired) electrons. The molecule has 0 aromatic heterocycles. The van der Waals surface area contributed by atoms with Crippen molar-refractivity contribution in [1.29, 1.82) is 0 Å². The van der Waals surface area contributed by atoms with Crippen molar-refractivity contribution in [3.05, 3.63) is 34.4 Å². The van der Waals surface area contributed by atoms with Gasteiger partial charge in [0.25, 0.3) is 0 Å². The van der Waals surface area contributed by atoms with Crippen molar-refractivity contribution in [1.82, 2.24) is 0 Å². The van der Waals surface area contributed by atoms with Gasteiger partial charge in [-0.1, -0.05) is 18.5 Å². The van der Waals surface area contributed by atoms with Crippen LogP contribution in [-0.2, 0) is 0 Å². The zero-order valence-electron chi connectivity index (χ0n) is 8.02. The van der Waals surface area contributed by atoms with Gasteiger partial charge in [0, 0.05) is 22.5 Å². The van der Waals surface area contributed by atoms with E-state index < -0.39 is 11.6 Å². The highest BCUT2D eigenvalue weighted by molar-refractivity contribution is 6.31. The molecule has 0 aliphatic rings. The van der Waals surface area contributed by atoms with Crippen LogP contribution in [0.3, 0.4) is 0 Å². The van der Waals surface area contributed by atoms with Crippen molar-refractivity contribution in [3.63, 3.8) is 0 Å². The molecule has 2 N–H and O–H groups in total. The van der Waals surface area contributed by atoms with Gasteiger partial charge in [-0.3, -0.25) is 0 Å². The molecular formula is C10H12ClF2N. The highest BCUT2D eigenvalue weighted by Gasteiger charge is 2.20. The van der Waals surface area contributed by atoms with Gasteiger partial charge < -0.3 is 5.73 Å². The molecule has 14 heavy (non-hydrogen) atoms. The first-order valence-corrected chi connectivity index (χ1v) is 4.72. The molecule has 2 atom stereocenters. The Bertz CT molecular complexity index is 339. The SMILES string of the molecule is CC(N)C(C)c1c(Cl)ccc(F)c1F. The Morgan fingerprint density at radius 3 is 2.36 bits per heavy atom. The molecule has 78 valence electrons. The summed E-state index contributed by atoms with van der Waals surface area (Å²) in [6.07, 6.45) is 0. The first-order valence-electron chi connectivity index (χ1n) is 4.34. The van der Waals surface area contributed by atoms with E-state index in [1.807, 2.05) is 0 Å². The molecule has 0 heterocycles. The van der Waals surface area contributed by atoms with Crippen LogP contribution in [-0.4, -0.2) is 6.04 Å². The predicted octanol–water partition coefficient (Wildman–Crippen LogP) is 3.07. The third-order valence-corrected chi connectivity index (χ3v) is 2.65. The largest absolute Gasteiger partial charge is 0.327 e. The summed E-state index contributed by atoms with van der Waals surface area (Å²) < 4.78 is 26.3. The summed E-state index contributed by atoms with van der Waals surface area (Å²) in [5.41, 5.74) is 5.76. The van der Waals surface area contributed by atoms with Crippen LogP contribution in [0.25, 0.3) is 0 Å². The summed E-state index contributed by atoms with van der Waals surface area (Å²) in [5, 5.41) is 0.216. The smallest absolute Gasteiger partial charge is 0.163 e. The lowest BCUT2D eigenvalue weighted by atomic mass is 9.94. The van der Waals surface area contributed by atoms with Crippen molar-refractivity contribution < 1.29 is 8.78 Å². The van der Waals surface area contributed by atoms with Crippen molar-refractivity contribution >= 4 is 11.6 Å². The summed E-state index contributed by atoms with van der Waals surface area (Å²) >= 11 is 5.78. The maximum atomic E-state index is 13.4. The molecule has 1 aromatic rings. The van der Waals surface area contributed by atoms with E-state index in [2.05, 4.69) is 0 Å². The van der Waals surface area contributed by atoms with Crippen molar-refractivity contribution in [2.45, 2.75) is 25.8 Å². The van der Waals surface area contributed by atoms with E-state index in [1.165, 1.54) is 6.07 Å². The fraction of sp³-hybridized carbons (Fsp3) is 0.400. The fourth-order valence-corrected chi connectivity index (χ4v) is 1.54. The Balaban J connectivity index is 3.25. The van der Waals surface area contributed by atoms with Gasteiger partial charge in [0.1, 0.15) is 0 Å². The van der Waals surface area contributed by atoms with Crippen LogP contribution in [0, 0.1) is 11.6 Å². The minimum atomic E-state index is -0.901. The van der Waals surface area contributed by atoms with Crippen molar-refractivity contribution in [2.75, 3.05) is 0 Å². The second-order valence-electron chi connectivity index (χ2n) is 3.40. The summed E-state index contributed by atoms with van der Waals surface area (Å²) in [4.78, 5) is 0. The first-order chi connectivity index (χ1) is 6.45. The lowest BCUT2D eigenvalue weighted by molar-refractivity contribution is 0.480. The lowest BCUT2D eigenvalue weighted by Crippen LogP contribution is -2.23. The molecule has 0 saturated heterocycles. The zero-order chi connectivity index (χ0) is 10.9. The van der Waals surface area contributed by atoms with Crippen LogP contribution in [0.1, 0.15) is 25.3 Å². The molecule has 0 amide bonds. The Labute approximate surface area is 86.9 Å². The van der Waals surface area contributed by atoms with Gasteiger partial charge in [-0.2, -0.15) is 0 Å².